The van der Waals surface area contributed by atoms with E-state index in [9.17, 15) is 19.5 Å². The van der Waals surface area contributed by atoms with Crippen molar-refractivity contribution in [1.29, 1.82) is 0 Å². The molecule has 2 fully saturated rings. The third-order valence-electron chi connectivity index (χ3n) is 6.03. The summed E-state index contributed by atoms with van der Waals surface area (Å²) in [5, 5.41) is 13.9. The van der Waals surface area contributed by atoms with Crippen molar-refractivity contribution in [2.24, 2.45) is 0 Å². The van der Waals surface area contributed by atoms with Crippen LogP contribution in [0, 0.1) is 0 Å². The molecule has 32 heavy (non-hydrogen) atoms. The molecule has 0 aromatic heterocycles. The molecule has 2 saturated heterocycles. The van der Waals surface area contributed by atoms with Crippen LogP contribution in [-0.2, 0) is 25.5 Å². The van der Waals surface area contributed by atoms with Gasteiger partial charge in [0, 0.05) is 4.75 Å². The van der Waals surface area contributed by atoms with Gasteiger partial charge in [-0.15, -0.1) is 11.8 Å². The average molecular weight is 472 g/mol. The van der Waals surface area contributed by atoms with E-state index >= 15 is 0 Å². The number of hydrogen-bond acceptors (Lipinski definition) is 8. The Morgan fingerprint density at radius 2 is 1.94 bits per heavy atom. The van der Waals surface area contributed by atoms with E-state index in [0.717, 1.165) is 11.1 Å². The number of carbonyl (C=O) groups is 3. The zero-order valence-corrected chi connectivity index (χ0v) is 21.6. The molecule has 0 aliphatic carbocycles. The van der Waals surface area contributed by atoms with E-state index in [1.165, 1.54) is 16.7 Å². The number of hydrogen-bond donors (Lipinski definition) is 1. The zero-order valence-electron chi connectivity index (χ0n) is 18.8. The molecular weight excluding hydrogens is 447 g/mol. The molecule has 1 aromatic carbocycles. The van der Waals surface area contributed by atoms with Gasteiger partial charge in [-0.2, -0.15) is 0 Å². The van der Waals surface area contributed by atoms with Crippen molar-refractivity contribution in [2.75, 3.05) is 20.8 Å². The Morgan fingerprint density at radius 3 is 2.56 bits per heavy atom. The maximum absolute atomic E-state index is 12.8. The van der Waals surface area contributed by atoms with Crippen molar-refractivity contribution in [3.63, 3.8) is 0 Å². The summed E-state index contributed by atoms with van der Waals surface area (Å²) in [5.41, 5.74) is 1.88. The Bertz CT molecular complexity index is 941. The molecule has 0 radical (unpaired) electrons. The summed E-state index contributed by atoms with van der Waals surface area (Å²) in [6.07, 6.45) is 0.262. The van der Waals surface area contributed by atoms with Gasteiger partial charge in [-0.25, -0.2) is 0 Å². The average Bonchev–Trinajstić information content (AvgIpc) is 2.99. The fraction of sp³-hybridized carbons (Fsp3) is 0.571. The maximum atomic E-state index is 12.8. The fourth-order valence-corrected chi connectivity index (χ4v) is 6.17. The molecule has 0 bridgehead atoms. The predicted molar refractivity (Wildman–Crippen MR) is 110 cm³/mol. The third kappa shape index (κ3) is 4.23. The second-order valence-electron chi connectivity index (χ2n) is 8.34. The van der Waals surface area contributed by atoms with Gasteiger partial charge in [0.05, 0.1) is 45.4 Å². The molecule has 3 aliphatic rings. The van der Waals surface area contributed by atoms with E-state index in [1.807, 2.05) is 12.1 Å². The van der Waals surface area contributed by atoms with Crippen LogP contribution < -0.4 is 49.5 Å². The van der Waals surface area contributed by atoms with Crippen molar-refractivity contribution >= 4 is 29.5 Å². The molecule has 4 atom stereocenters. The fourth-order valence-electron chi connectivity index (χ4n) is 4.55. The standard InChI is InChI=1S/C21H26N2O7S.Na/c1-21(2)17(20(26)27)23-18(25)16(19(23)31-21)22-15(24)9-12-11-8-14(29-4)13(28-3)7-10(11)5-6-30-12;/h7-8,12,16-17,19H,5-6,9H2,1-4H3,(H,22,24)(H,26,27);/q;+1/p-1/t12?,16-,17+,19-;/m1./s1. The number of ether oxygens (including phenoxy) is 3. The normalized spacial score (nSPS) is 27.4. The van der Waals surface area contributed by atoms with Gasteiger partial charge >= 0.3 is 29.6 Å². The van der Waals surface area contributed by atoms with Crippen LogP contribution >= 0.6 is 11.8 Å². The minimum absolute atomic E-state index is 0. The summed E-state index contributed by atoms with van der Waals surface area (Å²) in [6, 6.07) is 1.95. The Balaban J connectivity index is 0.00000289. The van der Waals surface area contributed by atoms with Crippen LogP contribution in [0.4, 0.5) is 0 Å². The van der Waals surface area contributed by atoms with E-state index in [-0.39, 0.29) is 41.9 Å². The number of carbonyl (C=O) groups excluding carboxylic acids is 3. The summed E-state index contributed by atoms with van der Waals surface area (Å²) >= 11 is 1.36. The van der Waals surface area contributed by atoms with Crippen LogP contribution in [0.5, 0.6) is 11.5 Å². The third-order valence-corrected chi connectivity index (χ3v) is 7.61. The minimum Gasteiger partial charge on any atom is -0.548 e. The van der Waals surface area contributed by atoms with Crippen LogP contribution in [0.25, 0.3) is 0 Å². The molecular formula is C21H25N2NaO7S. The SMILES string of the molecule is COc1cc2c(cc1OC)C(CC(=O)N[C@@H]1C(=O)N3[C@@H]1SC(C)(C)[C@@H]3C(=O)[O-])OCC2.[Na+]. The van der Waals surface area contributed by atoms with Crippen molar-refractivity contribution in [2.45, 2.75) is 55.0 Å². The molecule has 4 rings (SSSR count). The summed E-state index contributed by atoms with van der Waals surface area (Å²) in [4.78, 5) is 38.1. The molecule has 2 amide bonds. The molecule has 11 heteroatoms. The van der Waals surface area contributed by atoms with Crippen LogP contribution in [0.1, 0.15) is 37.5 Å². The first kappa shape index (κ1) is 25.2. The number of rotatable bonds is 6. The van der Waals surface area contributed by atoms with Crippen molar-refractivity contribution in [3.05, 3.63) is 23.3 Å². The first-order valence-electron chi connectivity index (χ1n) is 10.0. The van der Waals surface area contributed by atoms with Gasteiger partial charge < -0.3 is 34.3 Å². The van der Waals surface area contributed by atoms with Crippen LogP contribution in [0.15, 0.2) is 12.1 Å². The number of carboxylic acids is 1. The topological polar surface area (TPSA) is 117 Å². The molecule has 1 aromatic rings. The maximum Gasteiger partial charge on any atom is 1.00 e. The van der Waals surface area contributed by atoms with E-state index < -0.39 is 40.2 Å². The van der Waals surface area contributed by atoms with Crippen LogP contribution in [-0.4, -0.2) is 65.7 Å². The molecule has 3 heterocycles. The van der Waals surface area contributed by atoms with Gasteiger partial charge in [0.15, 0.2) is 11.5 Å². The number of amides is 2. The van der Waals surface area contributed by atoms with Gasteiger partial charge in [-0.1, -0.05) is 0 Å². The number of nitrogens with zero attached hydrogens (tertiary/aromatic N) is 1. The monoisotopic (exact) mass is 472 g/mol. The summed E-state index contributed by atoms with van der Waals surface area (Å²) in [5.74, 6) is -0.840. The number of β-lactam (4-membered cyclic amide) rings is 1. The summed E-state index contributed by atoms with van der Waals surface area (Å²) < 4.78 is 15.9. The molecule has 3 aliphatic heterocycles. The Morgan fingerprint density at radius 1 is 1.28 bits per heavy atom. The second-order valence-corrected chi connectivity index (χ2v) is 10.1. The Kier molecular flexibility index (Phi) is 7.41. The molecule has 0 saturated carbocycles. The molecule has 0 spiro atoms. The minimum atomic E-state index is -1.28. The second kappa shape index (κ2) is 9.42. The number of benzene rings is 1. The molecule has 168 valence electrons. The van der Waals surface area contributed by atoms with E-state index in [2.05, 4.69) is 5.32 Å². The van der Waals surface area contributed by atoms with Gasteiger partial charge in [-0.05, 0) is 43.5 Å². The number of thioether (sulfide) groups is 1. The van der Waals surface area contributed by atoms with E-state index in [1.54, 1.807) is 28.1 Å². The number of methoxy groups -OCH3 is 2. The number of carboxylic acid groups (broad SMARTS) is 1. The van der Waals surface area contributed by atoms with E-state index in [4.69, 9.17) is 14.2 Å². The van der Waals surface area contributed by atoms with Gasteiger partial charge in [0.2, 0.25) is 11.8 Å². The molecule has 1 N–H and O–H groups in total. The quantitative estimate of drug-likeness (QED) is 0.344. The van der Waals surface area contributed by atoms with Crippen LogP contribution in [0.2, 0.25) is 0 Å². The Hall–Kier alpha value is -1.46. The summed E-state index contributed by atoms with van der Waals surface area (Å²) in [6.45, 7) is 3.99. The largest absolute Gasteiger partial charge is 1.00 e. The van der Waals surface area contributed by atoms with E-state index in [0.29, 0.717) is 24.5 Å². The van der Waals surface area contributed by atoms with Crippen molar-refractivity contribution < 1.29 is 63.3 Å². The number of nitrogens with one attached hydrogen (secondary N) is 1. The smallest absolute Gasteiger partial charge is 0.548 e. The van der Waals surface area contributed by atoms with Crippen molar-refractivity contribution in [3.8, 4) is 11.5 Å². The van der Waals surface area contributed by atoms with Gasteiger partial charge in [0.1, 0.15) is 11.4 Å². The van der Waals surface area contributed by atoms with Gasteiger partial charge in [0.25, 0.3) is 0 Å². The molecule has 1 unspecified atom stereocenters. The first-order valence-corrected chi connectivity index (χ1v) is 10.9. The predicted octanol–water partition coefficient (Wildman–Crippen LogP) is -2.99. The number of aliphatic carboxylic acids is 1. The Labute approximate surface area is 212 Å². The first-order chi connectivity index (χ1) is 14.7. The zero-order chi connectivity index (χ0) is 22.5. The number of fused-ring (bicyclic) bond motifs is 2. The van der Waals surface area contributed by atoms with Gasteiger partial charge in [-0.3, -0.25) is 9.59 Å². The van der Waals surface area contributed by atoms with Crippen LogP contribution in [0.3, 0.4) is 0 Å². The van der Waals surface area contributed by atoms with Crippen molar-refractivity contribution in [1.82, 2.24) is 10.2 Å². The molecule has 9 nitrogen and oxygen atoms in total. The summed E-state index contributed by atoms with van der Waals surface area (Å²) in [7, 11) is 3.12.